The van der Waals surface area contributed by atoms with Gasteiger partial charge in [-0.2, -0.15) is 0 Å². The summed E-state index contributed by atoms with van der Waals surface area (Å²) >= 11 is 0. The Bertz CT molecular complexity index is 715. The molecule has 1 atom stereocenters. The van der Waals surface area contributed by atoms with E-state index >= 15 is 0 Å². The smallest absolute Gasteiger partial charge is 0.134 e. The Morgan fingerprint density at radius 3 is 1.76 bits per heavy atom. The third-order valence-electron chi connectivity index (χ3n) is 5.86. The fourth-order valence-corrected chi connectivity index (χ4v) is 3.80. The lowest BCUT2D eigenvalue weighted by atomic mass is 10.1. The van der Waals surface area contributed by atoms with Crippen LogP contribution in [0.3, 0.4) is 0 Å². The van der Waals surface area contributed by atoms with E-state index in [2.05, 4.69) is 19.1 Å². The number of hydrogen-bond acceptors (Lipinski definition) is 3. The summed E-state index contributed by atoms with van der Waals surface area (Å²) in [4.78, 5) is 0. The van der Waals surface area contributed by atoms with Crippen LogP contribution < -0.4 is 9.47 Å². The zero-order chi connectivity index (χ0) is 23.6. The molecule has 184 valence electrons. The maximum Gasteiger partial charge on any atom is 0.134 e. The molecule has 0 aliphatic heterocycles. The Balaban J connectivity index is 1.65. The predicted octanol–water partition coefficient (Wildman–Crippen LogP) is 8.41. The summed E-state index contributed by atoms with van der Waals surface area (Å²) in [5, 5.41) is 0. The average Bonchev–Trinajstić information content (AvgIpc) is 2.85. The van der Waals surface area contributed by atoms with Crippen LogP contribution in [0.2, 0.25) is 0 Å². The van der Waals surface area contributed by atoms with Crippen LogP contribution in [0, 0.1) is 0 Å². The monoisotopic (exact) mass is 458 g/mol. The van der Waals surface area contributed by atoms with Crippen molar-refractivity contribution >= 4 is 0 Å². The van der Waals surface area contributed by atoms with Gasteiger partial charge in [-0.1, -0.05) is 82.6 Å². The molecule has 0 bridgehead atoms. The van der Waals surface area contributed by atoms with Gasteiger partial charge >= 0.3 is 0 Å². The third kappa shape index (κ3) is 12.1. The first-order chi connectivity index (χ1) is 16.2. The van der Waals surface area contributed by atoms with Crippen molar-refractivity contribution in [2.24, 2.45) is 0 Å². The first kappa shape index (κ1) is 27.2. The van der Waals surface area contributed by atoms with E-state index in [0.717, 1.165) is 62.2 Å². The van der Waals surface area contributed by atoms with Crippen molar-refractivity contribution in [3.8, 4) is 22.6 Å². The Labute approximate surface area is 200 Å². The summed E-state index contributed by atoms with van der Waals surface area (Å²) in [6, 6.07) is 16.1. The maximum atomic E-state index is 14.1. The van der Waals surface area contributed by atoms with E-state index < -0.39 is 6.17 Å². The van der Waals surface area contributed by atoms with Crippen molar-refractivity contribution in [3.05, 3.63) is 48.5 Å². The molecule has 3 nitrogen and oxygen atoms in total. The molecule has 0 amide bonds. The molecule has 0 heterocycles. The topological polar surface area (TPSA) is 27.7 Å². The van der Waals surface area contributed by atoms with Crippen LogP contribution in [0.25, 0.3) is 11.1 Å². The van der Waals surface area contributed by atoms with E-state index in [0.29, 0.717) is 12.2 Å². The molecule has 0 fully saturated rings. The number of rotatable bonds is 19. The van der Waals surface area contributed by atoms with Crippen LogP contribution in [-0.2, 0) is 4.74 Å². The van der Waals surface area contributed by atoms with Crippen LogP contribution in [0.15, 0.2) is 48.5 Å². The lowest BCUT2D eigenvalue weighted by Gasteiger charge is -2.11. The molecule has 4 heteroatoms. The Kier molecular flexibility index (Phi) is 14.3. The highest BCUT2D eigenvalue weighted by atomic mass is 19.1. The summed E-state index contributed by atoms with van der Waals surface area (Å²) in [7, 11) is 1.71. The molecule has 0 aliphatic carbocycles. The van der Waals surface area contributed by atoms with Gasteiger partial charge in [0.05, 0.1) is 6.61 Å². The Hall–Kier alpha value is -2.07. The molecule has 0 N–H and O–H groups in total. The number of methoxy groups -OCH3 is 1. The lowest BCUT2D eigenvalue weighted by molar-refractivity contribution is 0.180. The number of unbranched alkanes of at least 4 members (excludes halogenated alkanes) is 8. The zero-order valence-electron chi connectivity index (χ0n) is 20.7. The maximum absolute atomic E-state index is 14.1. The third-order valence-corrected chi connectivity index (χ3v) is 5.86. The number of benzene rings is 2. The molecule has 0 saturated heterocycles. The van der Waals surface area contributed by atoms with Crippen molar-refractivity contribution in [1.82, 2.24) is 0 Å². The molecule has 0 radical (unpaired) electrons. The van der Waals surface area contributed by atoms with E-state index in [1.807, 2.05) is 36.4 Å². The van der Waals surface area contributed by atoms with E-state index in [9.17, 15) is 4.39 Å². The number of hydrogen-bond donors (Lipinski definition) is 0. The number of ether oxygens (including phenoxy) is 3. The van der Waals surface area contributed by atoms with Gasteiger partial charge in [-0.05, 0) is 54.7 Å². The van der Waals surface area contributed by atoms with E-state index in [4.69, 9.17) is 14.2 Å². The van der Waals surface area contributed by atoms with Gasteiger partial charge in [0.25, 0.3) is 0 Å². The molecule has 0 aromatic heterocycles. The van der Waals surface area contributed by atoms with Gasteiger partial charge in [0.15, 0.2) is 0 Å². The van der Waals surface area contributed by atoms with Crippen LogP contribution >= 0.6 is 0 Å². The SMILES string of the molecule is CCCCCCCCOc1ccc(-c2ccc(OCC(F)CCCCCCOC)cc2)cc1. The lowest BCUT2D eigenvalue weighted by Crippen LogP contribution is -2.12. The summed E-state index contributed by atoms with van der Waals surface area (Å²) in [5.74, 6) is 1.63. The molecule has 0 spiro atoms. The molecule has 2 aromatic rings. The van der Waals surface area contributed by atoms with Gasteiger partial charge in [-0.3, -0.25) is 0 Å². The van der Waals surface area contributed by atoms with E-state index in [-0.39, 0.29) is 6.61 Å². The first-order valence-electron chi connectivity index (χ1n) is 12.8. The summed E-state index contributed by atoms with van der Waals surface area (Å²) in [6.45, 7) is 3.92. The molecular weight excluding hydrogens is 415 g/mol. The molecular formula is C29H43FO3. The highest BCUT2D eigenvalue weighted by Gasteiger charge is 2.08. The zero-order valence-corrected chi connectivity index (χ0v) is 20.7. The van der Waals surface area contributed by atoms with Gasteiger partial charge in [0, 0.05) is 13.7 Å². The fraction of sp³-hybridized carbons (Fsp3) is 0.586. The van der Waals surface area contributed by atoms with Crippen LogP contribution in [0.5, 0.6) is 11.5 Å². The number of alkyl halides is 1. The van der Waals surface area contributed by atoms with Gasteiger partial charge in [-0.15, -0.1) is 0 Å². The van der Waals surface area contributed by atoms with Crippen LogP contribution in [-0.4, -0.2) is 33.1 Å². The van der Waals surface area contributed by atoms with Gasteiger partial charge in [0.2, 0.25) is 0 Å². The predicted molar refractivity (Wildman–Crippen MR) is 136 cm³/mol. The molecule has 0 aliphatic rings. The van der Waals surface area contributed by atoms with E-state index in [1.54, 1.807) is 7.11 Å². The standard InChI is InChI=1S/C29H43FO3/c1-3-4-5-6-8-12-23-32-28-18-14-25(15-19-28)26-16-20-29(21-17-26)33-24-27(30)13-10-7-9-11-22-31-2/h14-21,27H,3-13,22-24H2,1-2H3. The summed E-state index contributed by atoms with van der Waals surface area (Å²) in [5.41, 5.74) is 2.24. The quantitative estimate of drug-likeness (QED) is 0.198. The highest BCUT2D eigenvalue weighted by Crippen LogP contribution is 2.25. The van der Waals surface area contributed by atoms with Crippen molar-refractivity contribution in [3.63, 3.8) is 0 Å². The summed E-state index contributed by atoms with van der Waals surface area (Å²) in [6.07, 6.45) is 11.3. The van der Waals surface area contributed by atoms with Gasteiger partial charge in [-0.25, -0.2) is 4.39 Å². The summed E-state index contributed by atoms with van der Waals surface area (Å²) < 4.78 is 30.6. The molecule has 0 saturated carbocycles. The van der Waals surface area contributed by atoms with Gasteiger partial charge < -0.3 is 14.2 Å². The minimum atomic E-state index is -0.920. The minimum Gasteiger partial charge on any atom is -0.494 e. The number of halogens is 1. The molecule has 33 heavy (non-hydrogen) atoms. The van der Waals surface area contributed by atoms with Crippen LogP contribution in [0.4, 0.5) is 4.39 Å². The highest BCUT2D eigenvalue weighted by molar-refractivity contribution is 5.64. The van der Waals surface area contributed by atoms with Crippen molar-refractivity contribution in [2.45, 2.75) is 83.7 Å². The molecule has 2 rings (SSSR count). The van der Waals surface area contributed by atoms with Gasteiger partial charge in [0.1, 0.15) is 24.3 Å². The first-order valence-corrected chi connectivity index (χ1v) is 12.8. The van der Waals surface area contributed by atoms with Crippen molar-refractivity contribution < 1.29 is 18.6 Å². The average molecular weight is 459 g/mol. The normalized spacial score (nSPS) is 12.0. The second-order valence-corrected chi connectivity index (χ2v) is 8.77. The second kappa shape index (κ2) is 17.4. The van der Waals surface area contributed by atoms with E-state index in [1.165, 1.54) is 32.1 Å². The Morgan fingerprint density at radius 1 is 0.636 bits per heavy atom. The fourth-order valence-electron chi connectivity index (χ4n) is 3.80. The molecule has 1 unspecified atom stereocenters. The second-order valence-electron chi connectivity index (χ2n) is 8.77. The Morgan fingerprint density at radius 2 is 1.15 bits per heavy atom. The van der Waals surface area contributed by atoms with Crippen LogP contribution in [0.1, 0.15) is 77.6 Å². The van der Waals surface area contributed by atoms with Crippen molar-refractivity contribution in [2.75, 3.05) is 26.9 Å². The minimum absolute atomic E-state index is 0.113. The molecule has 2 aromatic carbocycles. The largest absolute Gasteiger partial charge is 0.494 e. The van der Waals surface area contributed by atoms with Crippen molar-refractivity contribution in [1.29, 1.82) is 0 Å².